The molecule has 30 heavy (non-hydrogen) atoms. The molecule has 3 amide bonds. The maximum absolute atomic E-state index is 13.1. The third-order valence-electron chi connectivity index (χ3n) is 5.36. The summed E-state index contributed by atoms with van der Waals surface area (Å²) in [5.41, 5.74) is 2.48. The second kappa shape index (κ2) is 9.25. The van der Waals surface area contributed by atoms with Gasteiger partial charge in [-0.1, -0.05) is 0 Å². The monoisotopic (exact) mass is 416 g/mol. The maximum Gasteiger partial charge on any atom is 0.318 e. The summed E-state index contributed by atoms with van der Waals surface area (Å²) in [6, 6.07) is 5.82. The van der Waals surface area contributed by atoms with Gasteiger partial charge in [-0.05, 0) is 70.2 Å². The van der Waals surface area contributed by atoms with Crippen LogP contribution in [0.2, 0.25) is 0 Å². The maximum atomic E-state index is 13.1. The molecule has 1 aliphatic heterocycles. The van der Waals surface area contributed by atoms with Crippen molar-refractivity contribution in [3.05, 3.63) is 23.8 Å². The Bertz CT molecular complexity index is 762. The Morgan fingerprint density at radius 3 is 2.47 bits per heavy atom. The van der Waals surface area contributed by atoms with Gasteiger partial charge in [-0.15, -0.1) is 0 Å². The fourth-order valence-corrected chi connectivity index (χ4v) is 3.67. The molecule has 2 aliphatic rings. The molecule has 2 N–H and O–H groups in total. The van der Waals surface area contributed by atoms with E-state index in [0.717, 1.165) is 49.2 Å². The van der Waals surface area contributed by atoms with Gasteiger partial charge in [-0.3, -0.25) is 4.79 Å². The highest BCUT2D eigenvalue weighted by Crippen LogP contribution is 2.31. The molecule has 1 aromatic rings. The van der Waals surface area contributed by atoms with Gasteiger partial charge in [0.1, 0.15) is 0 Å². The summed E-state index contributed by atoms with van der Waals surface area (Å²) in [7, 11) is 3.97. The summed E-state index contributed by atoms with van der Waals surface area (Å²) >= 11 is 0. The van der Waals surface area contributed by atoms with Crippen molar-refractivity contribution in [1.82, 2.24) is 10.2 Å². The number of ether oxygens (including phenoxy) is 1. The van der Waals surface area contributed by atoms with Crippen molar-refractivity contribution in [3.8, 4) is 0 Å². The number of amides is 3. The lowest BCUT2D eigenvalue weighted by Gasteiger charge is -2.31. The number of hydrogen-bond donors (Lipinski definition) is 2. The normalized spacial score (nSPS) is 18.8. The fraction of sp³-hybridized carbons (Fsp3) is 0.652. The standard InChI is InChI=1S/C23H36N4O3/c1-23(2,3)25-22(29)27(15-19-7-6-12-30-19)14-17-13-18(10-11-20(17)26(4)5)24-21(28)16-8-9-16/h10-11,13,16,19H,6-9,12,14-15H2,1-5H3,(H,24,28)(H,25,29)/t19-/m1/s1. The van der Waals surface area contributed by atoms with Gasteiger partial charge in [0, 0.05) is 56.6 Å². The van der Waals surface area contributed by atoms with E-state index in [9.17, 15) is 9.59 Å². The zero-order valence-electron chi connectivity index (χ0n) is 19.0. The third kappa shape index (κ3) is 6.36. The van der Waals surface area contributed by atoms with E-state index >= 15 is 0 Å². The summed E-state index contributed by atoms with van der Waals surface area (Å²) in [4.78, 5) is 29.1. The molecular formula is C23H36N4O3. The van der Waals surface area contributed by atoms with Crippen LogP contribution in [0.25, 0.3) is 0 Å². The lowest BCUT2D eigenvalue weighted by molar-refractivity contribution is -0.117. The summed E-state index contributed by atoms with van der Waals surface area (Å²) in [6.07, 6.45) is 4.01. The highest BCUT2D eigenvalue weighted by molar-refractivity contribution is 5.94. The molecule has 0 bridgehead atoms. The average Bonchev–Trinajstić information content (AvgIpc) is 3.37. The zero-order valence-corrected chi connectivity index (χ0v) is 19.0. The first-order valence-electron chi connectivity index (χ1n) is 10.9. The Morgan fingerprint density at radius 1 is 1.17 bits per heavy atom. The minimum absolute atomic E-state index is 0.0660. The third-order valence-corrected chi connectivity index (χ3v) is 5.36. The van der Waals surface area contributed by atoms with Gasteiger partial charge in [-0.2, -0.15) is 0 Å². The van der Waals surface area contributed by atoms with Crippen molar-refractivity contribution in [1.29, 1.82) is 0 Å². The minimum atomic E-state index is -0.323. The van der Waals surface area contributed by atoms with E-state index in [0.29, 0.717) is 13.1 Å². The molecule has 1 aromatic carbocycles. The van der Waals surface area contributed by atoms with E-state index in [2.05, 4.69) is 10.6 Å². The zero-order chi connectivity index (χ0) is 21.9. The van der Waals surface area contributed by atoms with E-state index in [-0.39, 0.29) is 29.5 Å². The number of hydrogen-bond acceptors (Lipinski definition) is 4. The minimum Gasteiger partial charge on any atom is -0.377 e. The summed E-state index contributed by atoms with van der Waals surface area (Å²) in [5.74, 6) is 0.232. The molecule has 1 atom stereocenters. The Balaban J connectivity index is 1.82. The molecule has 1 heterocycles. The van der Waals surface area contributed by atoms with E-state index in [4.69, 9.17) is 4.74 Å². The SMILES string of the molecule is CN(C)c1ccc(NC(=O)C2CC2)cc1CN(C[C@H]1CCCO1)C(=O)NC(C)(C)C. The molecule has 0 aromatic heterocycles. The van der Waals surface area contributed by atoms with Crippen LogP contribution in [-0.4, -0.2) is 55.7 Å². The van der Waals surface area contributed by atoms with Gasteiger partial charge in [0.25, 0.3) is 0 Å². The molecule has 7 heteroatoms. The van der Waals surface area contributed by atoms with E-state index in [1.165, 1.54) is 0 Å². The Kier molecular flexibility index (Phi) is 6.91. The number of nitrogens with one attached hydrogen (secondary N) is 2. The van der Waals surface area contributed by atoms with Crippen LogP contribution in [-0.2, 0) is 16.1 Å². The number of carbonyl (C=O) groups is 2. The van der Waals surface area contributed by atoms with Crippen molar-refractivity contribution >= 4 is 23.3 Å². The van der Waals surface area contributed by atoms with Crippen molar-refractivity contribution < 1.29 is 14.3 Å². The van der Waals surface area contributed by atoms with E-state index in [1.807, 2.05) is 62.9 Å². The van der Waals surface area contributed by atoms with Crippen LogP contribution < -0.4 is 15.5 Å². The average molecular weight is 417 g/mol. The Hall–Kier alpha value is -2.28. The highest BCUT2D eigenvalue weighted by atomic mass is 16.5. The predicted molar refractivity (Wildman–Crippen MR) is 120 cm³/mol. The largest absolute Gasteiger partial charge is 0.377 e. The Labute approximate surface area is 180 Å². The van der Waals surface area contributed by atoms with Crippen molar-refractivity contribution in [2.45, 2.75) is 64.6 Å². The molecular weight excluding hydrogens is 380 g/mol. The van der Waals surface area contributed by atoms with Gasteiger partial charge in [0.2, 0.25) is 5.91 Å². The number of rotatable bonds is 7. The molecule has 3 rings (SSSR count). The number of nitrogens with zero attached hydrogens (tertiary/aromatic N) is 2. The van der Waals surface area contributed by atoms with Gasteiger partial charge < -0.3 is 25.2 Å². The molecule has 166 valence electrons. The van der Waals surface area contributed by atoms with Crippen molar-refractivity contribution in [3.63, 3.8) is 0 Å². The van der Waals surface area contributed by atoms with Crippen LogP contribution >= 0.6 is 0 Å². The molecule has 1 saturated heterocycles. The first-order chi connectivity index (χ1) is 14.1. The Morgan fingerprint density at radius 2 is 1.90 bits per heavy atom. The van der Waals surface area contributed by atoms with Gasteiger partial charge in [0.15, 0.2) is 0 Å². The smallest absolute Gasteiger partial charge is 0.318 e. The van der Waals surface area contributed by atoms with Gasteiger partial charge in [-0.25, -0.2) is 4.79 Å². The molecule has 0 spiro atoms. The molecule has 1 saturated carbocycles. The van der Waals surface area contributed by atoms with Crippen LogP contribution in [0.5, 0.6) is 0 Å². The van der Waals surface area contributed by atoms with Crippen LogP contribution in [0.3, 0.4) is 0 Å². The fourth-order valence-electron chi connectivity index (χ4n) is 3.67. The number of benzene rings is 1. The van der Waals surface area contributed by atoms with E-state index in [1.54, 1.807) is 0 Å². The topological polar surface area (TPSA) is 73.9 Å². The number of carbonyl (C=O) groups excluding carboxylic acids is 2. The quantitative estimate of drug-likeness (QED) is 0.712. The first-order valence-corrected chi connectivity index (χ1v) is 10.9. The van der Waals surface area contributed by atoms with Crippen LogP contribution in [0.1, 0.15) is 52.0 Å². The van der Waals surface area contributed by atoms with E-state index < -0.39 is 0 Å². The first kappa shape index (κ1) is 22.4. The molecule has 7 nitrogen and oxygen atoms in total. The van der Waals surface area contributed by atoms with Crippen LogP contribution in [0.15, 0.2) is 18.2 Å². The number of anilines is 2. The summed E-state index contributed by atoms with van der Waals surface area (Å²) in [6.45, 7) is 7.69. The lowest BCUT2D eigenvalue weighted by atomic mass is 10.1. The second-order valence-corrected chi connectivity index (χ2v) is 9.70. The summed E-state index contributed by atoms with van der Waals surface area (Å²) < 4.78 is 5.80. The van der Waals surface area contributed by atoms with Gasteiger partial charge in [0.05, 0.1) is 6.10 Å². The molecule has 1 aliphatic carbocycles. The number of urea groups is 1. The molecule has 0 unspecified atom stereocenters. The molecule has 0 radical (unpaired) electrons. The van der Waals surface area contributed by atoms with Crippen molar-refractivity contribution in [2.75, 3.05) is 37.5 Å². The van der Waals surface area contributed by atoms with Crippen LogP contribution in [0, 0.1) is 5.92 Å². The lowest BCUT2D eigenvalue weighted by Crippen LogP contribution is -2.50. The van der Waals surface area contributed by atoms with Crippen molar-refractivity contribution in [2.24, 2.45) is 5.92 Å². The predicted octanol–water partition coefficient (Wildman–Crippen LogP) is 3.59. The van der Waals surface area contributed by atoms with Crippen LogP contribution in [0.4, 0.5) is 16.2 Å². The van der Waals surface area contributed by atoms with Gasteiger partial charge >= 0.3 is 6.03 Å². The highest BCUT2D eigenvalue weighted by Gasteiger charge is 2.30. The summed E-state index contributed by atoms with van der Waals surface area (Å²) in [5, 5.41) is 6.10. The molecule has 2 fully saturated rings. The second-order valence-electron chi connectivity index (χ2n) is 9.70.